The van der Waals surface area contributed by atoms with Gasteiger partial charge in [-0.15, -0.1) is 0 Å². The summed E-state index contributed by atoms with van der Waals surface area (Å²) in [5, 5.41) is 28.1. The number of ketones is 3. The fourth-order valence-corrected chi connectivity index (χ4v) is 4.41. The van der Waals surface area contributed by atoms with E-state index in [1.54, 1.807) is 13.8 Å². The second-order valence-corrected chi connectivity index (χ2v) is 8.65. The first-order valence-corrected chi connectivity index (χ1v) is 10.8. The van der Waals surface area contributed by atoms with Crippen LogP contribution in [0.3, 0.4) is 0 Å². The van der Waals surface area contributed by atoms with Crippen LogP contribution < -0.4 is 10.1 Å². The molecule has 0 spiro atoms. The van der Waals surface area contributed by atoms with Gasteiger partial charge in [0.1, 0.15) is 34.0 Å². The number of phenolic OH excluding ortho intramolecular Hbond substituents is 2. The Balaban J connectivity index is 1.68. The zero-order valence-corrected chi connectivity index (χ0v) is 19.5. The summed E-state index contributed by atoms with van der Waals surface area (Å²) in [7, 11) is 0. The Morgan fingerprint density at radius 1 is 1.18 bits per heavy atom. The first-order valence-electron chi connectivity index (χ1n) is 10.8. The minimum atomic E-state index is -1.53. The normalized spacial score (nSPS) is 20.4. The number of carbonyl (C=O) groups is 3. The lowest BCUT2D eigenvalue weighted by atomic mass is 9.70. The molecule has 4 rings (SSSR count). The second kappa shape index (κ2) is 8.12. The molecule has 10 nitrogen and oxygen atoms in total. The quantitative estimate of drug-likeness (QED) is 0.250. The Bertz CT molecular complexity index is 1320. The maximum atomic E-state index is 13.7. The highest BCUT2D eigenvalue weighted by atomic mass is 16.5. The van der Waals surface area contributed by atoms with Crippen molar-refractivity contribution in [2.24, 2.45) is 0 Å². The number of rotatable bonds is 6. The van der Waals surface area contributed by atoms with Crippen LogP contribution in [0.15, 0.2) is 27.6 Å². The van der Waals surface area contributed by atoms with Crippen LogP contribution in [0.2, 0.25) is 0 Å². The van der Waals surface area contributed by atoms with Gasteiger partial charge in [-0.25, -0.2) is 0 Å². The number of aromatic nitrogens is 2. The van der Waals surface area contributed by atoms with Crippen LogP contribution in [-0.4, -0.2) is 44.2 Å². The number of hydrogen-bond acceptors (Lipinski definition) is 10. The Kier molecular flexibility index (Phi) is 5.55. The van der Waals surface area contributed by atoms with Crippen molar-refractivity contribution in [3.8, 4) is 17.2 Å². The number of Topliss-reactive ketones (excluding diaryl/α,β-unsaturated/α-hetero) is 2. The lowest BCUT2D eigenvalue weighted by Gasteiger charge is -2.29. The van der Waals surface area contributed by atoms with E-state index in [9.17, 15) is 24.6 Å². The van der Waals surface area contributed by atoms with Crippen molar-refractivity contribution in [3.63, 3.8) is 0 Å². The van der Waals surface area contributed by atoms with Crippen LogP contribution in [0, 0.1) is 13.8 Å². The monoisotopic (exact) mass is 467 g/mol. The van der Waals surface area contributed by atoms with E-state index in [-0.39, 0.29) is 39.5 Å². The van der Waals surface area contributed by atoms with Crippen LogP contribution in [-0.2, 0) is 21.4 Å². The molecule has 1 aromatic carbocycles. The number of ether oxygens (including phenoxy) is 1. The molecule has 178 valence electrons. The number of nitrogens with zero attached hydrogens (tertiary/aromatic N) is 2. The zero-order valence-electron chi connectivity index (χ0n) is 19.5. The van der Waals surface area contributed by atoms with Crippen LogP contribution >= 0.6 is 0 Å². The molecule has 1 atom stereocenters. The van der Waals surface area contributed by atoms with E-state index in [0.29, 0.717) is 36.8 Å². The van der Waals surface area contributed by atoms with E-state index in [4.69, 9.17) is 9.26 Å². The summed E-state index contributed by atoms with van der Waals surface area (Å²) in [6.07, 6.45) is 2.35. The van der Waals surface area contributed by atoms with E-state index in [1.165, 1.54) is 26.8 Å². The van der Waals surface area contributed by atoms with Gasteiger partial charge in [0.2, 0.25) is 5.89 Å². The molecule has 1 aromatic heterocycles. The van der Waals surface area contributed by atoms with Crippen molar-refractivity contribution < 1.29 is 33.9 Å². The molecule has 0 fully saturated rings. The highest BCUT2D eigenvalue weighted by Gasteiger charge is 2.56. The summed E-state index contributed by atoms with van der Waals surface area (Å²) in [5.74, 6) is -1.44. The van der Waals surface area contributed by atoms with Crippen LogP contribution in [0.5, 0.6) is 17.2 Å². The molecule has 2 heterocycles. The SMILES string of the molecule is CC(=O)c1c(O)c(C)c(O)c2c1OC1=CC(=O)/C(=C(/C)NCCCc3nc(C)no3)C(=O)[C@@]12C. The number of nitrogens with one attached hydrogen (secondary N) is 1. The van der Waals surface area contributed by atoms with Crippen molar-refractivity contribution in [2.45, 2.75) is 52.9 Å². The standard InChI is InChI=1S/C24H25N3O7/c1-10-20(30)18(12(3)28)22-19(21(10)31)24(5)15(33-22)9-14(29)17(23(24)32)11(2)25-8-6-7-16-26-13(4)27-34-16/h9,25,30-31H,6-8H2,1-5H3/b17-11+/t24-/m0/s1. The number of benzene rings is 1. The number of aryl methyl sites for hydroxylation is 2. The molecule has 0 unspecified atom stereocenters. The largest absolute Gasteiger partial charge is 0.507 e. The molecule has 2 aliphatic rings. The van der Waals surface area contributed by atoms with Gasteiger partial charge in [-0.2, -0.15) is 4.98 Å². The Labute approximate surface area is 195 Å². The van der Waals surface area contributed by atoms with Crippen LogP contribution in [0.1, 0.15) is 60.4 Å². The van der Waals surface area contributed by atoms with Crippen molar-refractivity contribution >= 4 is 17.3 Å². The van der Waals surface area contributed by atoms with Crippen LogP contribution in [0.25, 0.3) is 0 Å². The highest BCUT2D eigenvalue weighted by Crippen LogP contribution is 2.57. The third-order valence-corrected chi connectivity index (χ3v) is 6.29. The summed E-state index contributed by atoms with van der Waals surface area (Å²) in [5.41, 5.74) is -1.24. The maximum absolute atomic E-state index is 13.7. The molecule has 1 aliphatic carbocycles. The van der Waals surface area contributed by atoms with E-state index >= 15 is 0 Å². The van der Waals surface area contributed by atoms with Gasteiger partial charge in [0.05, 0.1) is 11.1 Å². The van der Waals surface area contributed by atoms with Gasteiger partial charge >= 0.3 is 0 Å². The van der Waals surface area contributed by atoms with Gasteiger partial charge in [0.15, 0.2) is 23.2 Å². The first kappa shape index (κ1) is 23.2. The molecule has 0 bridgehead atoms. The van der Waals surface area contributed by atoms with Gasteiger partial charge in [-0.1, -0.05) is 5.16 Å². The van der Waals surface area contributed by atoms with Gasteiger partial charge < -0.3 is 24.8 Å². The molecule has 3 N–H and O–H groups in total. The number of hydrogen-bond donors (Lipinski definition) is 3. The Morgan fingerprint density at radius 2 is 1.88 bits per heavy atom. The van der Waals surface area contributed by atoms with E-state index in [0.717, 1.165) is 0 Å². The fraction of sp³-hybridized carbons (Fsp3) is 0.375. The van der Waals surface area contributed by atoms with Gasteiger partial charge in [0, 0.05) is 30.3 Å². The molecule has 2 aromatic rings. The third-order valence-electron chi connectivity index (χ3n) is 6.29. The number of carbonyl (C=O) groups excluding carboxylic acids is 3. The number of aromatic hydroxyl groups is 2. The van der Waals surface area contributed by atoms with Gasteiger partial charge in [0.25, 0.3) is 0 Å². The van der Waals surface area contributed by atoms with Crippen molar-refractivity contribution in [1.82, 2.24) is 15.5 Å². The summed E-state index contributed by atoms with van der Waals surface area (Å²) in [6.45, 7) is 8.03. The third kappa shape index (κ3) is 3.37. The molecule has 0 saturated carbocycles. The van der Waals surface area contributed by atoms with Crippen molar-refractivity contribution in [2.75, 3.05) is 6.54 Å². The summed E-state index contributed by atoms with van der Waals surface area (Å²) in [6, 6.07) is 0. The molecule has 34 heavy (non-hydrogen) atoms. The minimum absolute atomic E-state index is 0.00335. The fourth-order valence-electron chi connectivity index (χ4n) is 4.41. The predicted octanol–water partition coefficient (Wildman–Crippen LogP) is 2.48. The lowest BCUT2D eigenvalue weighted by molar-refractivity contribution is -0.123. The first-order chi connectivity index (χ1) is 16.0. The minimum Gasteiger partial charge on any atom is -0.507 e. The smallest absolute Gasteiger partial charge is 0.226 e. The van der Waals surface area contributed by atoms with E-state index in [1.807, 2.05) is 0 Å². The second-order valence-electron chi connectivity index (χ2n) is 8.65. The van der Waals surface area contributed by atoms with Crippen molar-refractivity contribution in [3.05, 3.63) is 51.5 Å². The molecule has 0 amide bonds. The number of fused-ring (bicyclic) bond motifs is 3. The molecular weight excluding hydrogens is 442 g/mol. The van der Waals surface area contributed by atoms with Crippen LogP contribution in [0.4, 0.5) is 0 Å². The molecular formula is C24H25N3O7. The van der Waals surface area contributed by atoms with E-state index < -0.39 is 28.5 Å². The van der Waals surface area contributed by atoms with Crippen molar-refractivity contribution in [1.29, 1.82) is 0 Å². The number of allylic oxidation sites excluding steroid dienone is 4. The molecule has 0 saturated heterocycles. The lowest BCUT2D eigenvalue weighted by Crippen LogP contribution is -2.41. The molecule has 0 radical (unpaired) electrons. The average molecular weight is 467 g/mol. The summed E-state index contributed by atoms with van der Waals surface area (Å²) >= 11 is 0. The topological polar surface area (TPSA) is 152 Å². The van der Waals surface area contributed by atoms with Gasteiger partial charge in [-0.05, 0) is 41.0 Å². The molecule has 1 aliphatic heterocycles. The predicted molar refractivity (Wildman–Crippen MR) is 119 cm³/mol. The Hall–Kier alpha value is -3.95. The average Bonchev–Trinajstić information content (AvgIpc) is 3.30. The maximum Gasteiger partial charge on any atom is 0.226 e. The summed E-state index contributed by atoms with van der Waals surface area (Å²) in [4.78, 5) is 43.0. The van der Waals surface area contributed by atoms with E-state index in [2.05, 4.69) is 15.5 Å². The zero-order chi connectivity index (χ0) is 24.9. The van der Waals surface area contributed by atoms with Gasteiger partial charge in [-0.3, -0.25) is 14.4 Å². The number of phenols is 2. The summed E-state index contributed by atoms with van der Waals surface area (Å²) < 4.78 is 10.8. The highest BCUT2D eigenvalue weighted by molar-refractivity contribution is 6.31. The Morgan fingerprint density at radius 3 is 2.50 bits per heavy atom. The molecule has 10 heteroatoms.